The minimum atomic E-state index is -0.279. The first-order chi connectivity index (χ1) is 9.76. The van der Waals surface area contributed by atoms with Crippen molar-refractivity contribution in [2.24, 2.45) is 0 Å². The van der Waals surface area contributed by atoms with Gasteiger partial charge >= 0.3 is 0 Å². The van der Waals surface area contributed by atoms with E-state index in [2.05, 4.69) is 11.4 Å². The van der Waals surface area contributed by atoms with Gasteiger partial charge in [0.1, 0.15) is 5.75 Å². The van der Waals surface area contributed by atoms with Crippen molar-refractivity contribution in [3.63, 3.8) is 0 Å². The van der Waals surface area contributed by atoms with E-state index in [-0.39, 0.29) is 5.41 Å². The lowest BCUT2D eigenvalue weighted by Gasteiger charge is -2.26. The van der Waals surface area contributed by atoms with E-state index in [0.29, 0.717) is 5.91 Å². The van der Waals surface area contributed by atoms with Crippen LogP contribution in [0.2, 0.25) is 0 Å². The zero-order chi connectivity index (χ0) is 14.0. The predicted molar refractivity (Wildman–Crippen MR) is 78.0 cm³/mol. The van der Waals surface area contributed by atoms with Gasteiger partial charge in [-0.1, -0.05) is 12.1 Å². The molecule has 1 saturated heterocycles. The molecule has 2 fully saturated rings. The summed E-state index contributed by atoms with van der Waals surface area (Å²) in [6, 6.07) is 7.98. The van der Waals surface area contributed by atoms with E-state index in [1.807, 2.05) is 23.1 Å². The third-order valence-corrected chi connectivity index (χ3v) is 4.41. The van der Waals surface area contributed by atoms with E-state index in [1.54, 1.807) is 7.11 Å². The van der Waals surface area contributed by atoms with Crippen LogP contribution in [0.1, 0.15) is 24.8 Å². The van der Waals surface area contributed by atoms with Crippen LogP contribution in [0.5, 0.6) is 5.75 Å². The molecular weight excluding hydrogens is 252 g/mol. The van der Waals surface area contributed by atoms with Crippen LogP contribution in [0.25, 0.3) is 0 Å². The minimum Gasteiger partial charge on any atom is -0.497 e. The second-order valence-corrected chi connectivity index (χ2v) is 5.71. The summed E-state index contributed by atoms with van der Waals surface area (Å²) in [5, 5.41) is 3.35. The third kappa shape index (κ3) is 2.40. The topological polar surface area (TPSA) is 41.6 Å². The molecule has 0 atom stereocenters. The van der Waals surface area contributed by atoms with Gasteiger partial charge in [-0.3, -0.25) is 4.79 Å². The fourth-order valence-electron chi connectivity index (χ4n) is 3.02. The van der Waals surface area contributed by atoms with Gasteiger partial charge in [0, 0.05) is 19.6 Å². The second kappa shape index (κ2) is 5.44. The number of nitrogens with one attached hydrogen (secondary N) is 1. The zero-order valence-corrected chi connectivity index (χ0v) is 12.0. The molecule has 0 radical (unpaired) electrons. The van der Waals surface area contributed by atoms with E-state index in [4.69, 9.17) is 4.74 Å². The lowest BCUT2D eigenvalue weighted by Crippen LogP contribution is -2.41. The highest BCUT2D eigenvalue weighted by molar-refractivity contribution is 5.91. The predicted octanol–water partition coefficient (Wildman–Crippen LogP) is 1.55. The van der Waals surface area contributed by atoms with Gasteiger partial charge in [-0.25, -0.2) is 0 Å². The van der Waals surface area contributed by atoms with Crippen molar-refractivity contribution in [2.45, 2.75) is 24.7 Å². The molecule has 1 heterocycles. The van der Waals surface area contributed by atoms with Crippen LogP contribution in [0.3, 0.4) is 0 Å². The highest BCUT2D eigenvalue weighted by Gasteiger charge is 2.53. The summed E-state index contributed by atoms with van der Waals surface area (Å²) in [7, 11) is 1.67. The quantitative estimate of drug-likeness (QED) is 0.909. The molecule has 1 aliphatic heterocycles. The summed E-state index contributed by atoms with van der Waals surface area (Å²) in [5.41, 5.74) is 0.831. The van der Waals surface area contributed by atoms with Crippen LogP contribution in [-0.4, -0.2) is 44.1 Å². The van der Waals surface area contributed by atoms with Crippen molar-refractivity contribution in [1.29, 1.82) is 0 Å². The molecule has 108 valence electrons. The van der Waals surface area contributed by atoms with Crippen LogP contribution in [-0.2, 0) is 10.2 Å². The first-order valence-corrected chi connectivity index (χ1v) is 7.41. The Morgan fingerprint density at radius 3 is 2.90 bits per heavy atom. The van der Waals surface area contributed by atoms with Gasteiger partial charge in [-0.15, -0.1) is 0 Å². The van der Waals surface area contributed by atoms with Crippen molar-refractivity contribution in [3.8, 4) is 5.75 Å². The Morgan fingerprint density at radius 1 is 1.30 bits per heavy atom. The number of hydrogen-bond donors (Lipinski definition) is 1. The van der Waals surface area contributed by atoms with Gasteiger partial charge in [0.05, 0.1) is 12.5 Å². The SMILES string of the molecule is COc1cccc(C2(C(=O)N3CCCNCC3)CC2)c1. The summed E-state index contributed by atoms with van der Waals surface area (Å²) in [4.78, 5) is 14.9. The number of ether oxygens (including phenoxy) is 1. The van der Waals surface area contributed by atoms with Crippen LogP contribution in [0, 0.1) is 0 Å². The van der Waals surface area contributed by atoms with Crippen LogP contribution >= 0.6 is 0 Å². The molecule has 1 saturated carbocycles. The molecule has 0 unspecified atom stereocenters. The van der Waals surface area contributed by atoms with Crippen molar-refractivity contribution in [1.82, 2.24) is 10.2 Å². The Morgan fingerprint density at radius 2 is 2.15 bits per heavy atom. The zero-order valence-electron chi connectivity index (χ0n) is 12.0. The molecule has 4 heteroatoms. The van der Waals surface area contributed by atoms with Crippen molar-refractivity contribution < 1.29 is 9.53 Å². The average molecular weight is 274 g/mol. The maximum absolute atomic E-state index is 12.9. The summed E-state index contributed by atoms with van der Waals surface area (Å²) in [5.74, 6) is 1.13. The first kappa shape index (κ1) is 13.4. The maximum atomic E-state index is 12.9. The first-order valence-electron chi connectivity index (χ1n) is 7.41. The molecule has 1 aromatic carbocycles. The molecule has 3 rings (SSSR count). The number of carbonyl (C=O) groups excluding carboxylic acids is 1. The fourth-order valence-corrected chi connectivity index (χ4v) is 3.02. The Bertz CT molecular complexity index is 489. The molecule has 2 aliphatic rings. The molecule has 1 amide bonds. The number of carbonyl (C=O) groups is 1. The normalized spacial score (nSPS) is 21.1. The number of hydrogen-bond acceptors (Lipinski definition) is 3. The van der Waals surface area contributed by atoms with Crippen LogP contribution in [0.4, 0.5) is 0 Å². The number of nitrogens with zero attached hydrogens (tertiary/aromatic N) is 1. The van der Waals surface area contributed by atoms with Gasteiger partial charge in [0.2, 0.25) is 5.91 Å². The van der Waals surface area contributed by atoms with Crippen LogP contribution in [0.15, 0.2) is 24.3 Å². The van der Waals surface area contributed by atoms with E-state index in [0.717, 1.165) is 56.8 Å². The lowest BCUT2D eigenvalue weighted by molar-refractivity contribution is -0.133. The summed E-state index contributed by atoms with van der Waals surface area (Å²) < 4.78 is 5.29. The Hall–Kier alpha value is -1.55. The third-order valence-electron chi connectivity index (χ3n) is 4.41. The summed E-state index contributed by atoms with van der Waals surface area (Å²) in [6.45, 7) is 3.61. The monoisotopic (exact) mass is 274 g/mol. The average Bonchev–Trinajstić information content (AvgIpc) is 3.31. The van der Waals surface area contributed by atoms with Crippen molar-refractivity contribution in [2.75, 3.05) is 33.3 Å². The molecule has 0 aromatic heterocycles. The number of rotatable bonds is 3. The minimum absolute atomic E-state index is 0.279. The molecule has 1 N–H and O–H groups in total. The Labute approximate surface area is 120 Å². The lowest BCUT2D eigenvalue weighted by atomic mass is 9.94. The Kier molecular flexibility index (Phi) is 3.66. The Balaban J connectivity index is 1.82. The fraction of sp³-hybridized carbons (Fsp3) is 0.562. The number of amides is 1. The number of methoxy groups -OCH3 is 1. The van der Waals surface area contributed by atoms with Gasteiger partial charge in [0.25, 0.3) is 0 Å². The molecule has 1 aromatic rings. The summed E-state index contributed by atoms with van der Waals surface area (Å²) >= 11 is 0. The second-order valence-electron chi connectivity index (χ2n) is 5.71. The highest BCUT2D eigenvalue weighted by Crippen LogP contribution is 2.50. The highest BCUT2D eigenvalue weighted by atomic mass is 16.5. The van der Waals surface area contributed by atoms with Gasteiger partial charge in [-0.05, 0) is 43.5 Å². The van der Waals surface area contributed by atoms with Crippen molar-refractivity contribution in [3.05, 3.63) is 29.8 Å². The maximum Gasteiger partial charge on any atom is 0.233 e. The standard InChI is InChI=1S/C16H22N2O2/c1-20-14-5-2-4-13(12-14)16(6-7-16)15(19)18-10-3-8-17-9-11-18/h2,4-5,12,17H,3,6-11H2,1H3. The molecular formula is C16H22N2O2. The van der Waals surface area contributed by atoms with Gasteiger partial charge in [-0.2, -0.15) is 0 Å². The molecule has 1 aliphatic carbocycles. The van der Waals surface area contributed by atoms with E-state index < -0.39 is 0 Å². The molecule has 0 spiro atoms. The van der Waals surface area contributed by atoms with Crippen molar-refractivity contribution >= 4 is 5.91 Å². The van der Waals surface area contributed by atoms with E-state index >= 15 is 0 Å². The summed E-state index contributed by atoms with van der Waals surface area (Å²) in [6.07, 6.45) is 2.96. The molecule has 4 nitrogen and oxygen atoms in total. The van der Waals surface area contributed by atoms with Gasteiger partial charge < -0.3 is 15.0 Å². The van der Waals surface area contributed by atoms with Crippen LogP contribution < -0.4 is 10.1 Å². The molecule has 20 heavy (non-hydrogen) atoms. The number of benzene rings is 1. The largest absolute Gasteiger partial charge is 0.497 e. The van der Waals surface area contributed by atoms with E-state index in [1.165, 1.54) is 0 Å². The van der Waals surface area contributed by atoms with E-state index in [9.17, 15) is 4.79 Å². The van der Waals surface area contributed by atoms with Gasteiger partial charge in [0.15, 0.2) is 0 Å². The smallest absolute Gasteiger partial charge is 0.233 e. The molecule has 0 bridgehead atoms.